The molecule has 44 heavy (non-hydrogen) atoms. The second-order valence-corrected chi connectivity index (χ2v) is 12.3. The highest BCUT2D eigenvalue weighted by atomic mass is 16.5. The quantitative estimate of drug-likeness (QED) is 0.466. The summed E-state index contributed by atoms with van der Waals surface area (Å²) >= 11 is 0. The van der Waals surface area contributed by atoms with E-state index >= 15 is 0 Å². The molecular formula is C34H44N4O6. The smallest absolute Gasteiger partial charge is 0.243 e. The van der Waals surface area contributed by atoms with Crippen molar-refractivity contribution in [3.05, 3.63) is 65.2 Å². The summed E-state index contributed by atoms with van der Waals surface area (Å²) in [5.74, 6) is -0.219. The maximum Gasteiger partial charge on any atom is 0.243 e. The van der Waals surface area contributed by atoms with E-state index in [9.17, 15) is 19.2 Å². The standard InChI is InChI=1S/C34H44N4O6/c1-23-9-11-28-17-27(23)19-35-33(41)29(12-10-24-6-3-2-4-7-24)37-34(42)30(36-31(39)16-26-21-43-22-26)18-32(40)38-14-5-8-25(20-38)13-15-44-28/h2-4,6-7,9,11,17,25-26,29-30H,5,8,10,12-16,18-22H2,1H3,(H,35,41)(H,36,39)(H,37,42)/t25?,29-,30-/m0/s1. The predicted octanol–water partition coefficient (Wildman–Crippen LogP) is 2.66. The lowest BCUT2D eigenvalue weighted by atomic mass is 9.94. The number of nitrogens with one attached hydrogen (secondary N) is 3. The molecule has 0 aliphatic carbocycles. The van der Waals surface area contributed by atoms with E-state index in [1.54, 1.807) is 4.90 Å². The molecule has 3 N–H and O–H groups in total. The molecule has 10 nitrogen and oxygen atoms in total. The number of nitrogens with zero attached hydrogens (tertiary/aromatic N) is 1. The van der Waals surface area contributed by atoms with E-state index in [0.717, 1.165) is 41.7 Å². The molecule has 4 amide bonds. The van der Waals surface area contributed by atoms with Gasteiger partial charge in [-0.05, 0) is 73.8 Å². The minimum atomic E-state index is -1.09. The fraction of sp³-hybridized carbons (Fsp3) is 0.529. The number of piperidine rings is 1. The second kappa shape index (κ2) is 15.2. The van der Waals surface area contributed by atoms with Crippen molar-refractivity contribution in [2.75, 3.05) is 32.9 Å². The van der Waals surface area contributed by atoms with Crippen molar-refractivity contribution >= 4 is 23.6 Å². The molecule has 3 aliphatic heterocycles. The minimum Gasteiger partial charge on any atom is -0.494 e. The summed E-state index contributed by atoms with van der Waals surface area (Å²) in [7, 11) is 0. The number of carbonyl (C=O) groups is 4. The Morgan fingerprint density at radius 2 is 1.86 bits per heavy atom. The van der Waals surface area contributed by atoms with E-state index in [4.69, 9.17) is 9.47 Å². The van der Waals surface area contributed by atoms with Crippen molar-refractivity contribution in [3.63, 3.8) is 0 Å². The van der Waals surface area contributed by atoms with Gasteiger partial charge in [-0.15, -0.1) is 0 Å². The van der Waals surface area contributed by atoms with Crippen molar-refractivity contribution in [3.8, 4) is 5.75 Å². The highest BCUT2D eigenvalue weighted by Gasteiger charge is 2.33. The number of carbonyl (C=O) groups excluding carboxylic acids is 4. The van der Waals surface area contributed by atoms with E-state index < -0.39 is 18.0 Å². The summed E-state index contributed by atoms with van der Waals surface area (Å²) in [6.07, 6.45) is 3.65. The normalized spacial score (nSPS) is 23.7. The Bertz CT molecular complexity index is 1310. The van der Waals surface area contributed by atoms with Crippen molar-refractivity contribution < 1.29 is 28.7 Å². The number of hydrogen-bond donors (Lipinski definition) is 3. The lowest BCUT2D eigenvalue weighted by Gasteiger charge is -2.34. The molecule has 0 spiro atoms. The number of ether oxygens (including phenoxy) is 2. The van der Waals surface area contributed by atoms with Crippen molar-refractivity contribution in [1.82, 2.24) is 20.9 Å². The molecule has 2 aromatic carbocycles. The van der Waals surface area contributed by atoms with Crippen molar-refractivity contribution in [2.45, 2.75) is 70.5 Å². The predicted molar refractivity (Wildman–Crippen MR) is 165 cm³/mol. The van der Waals surface area contributed by atoms with E-state index in [2.05, 4.69) is 16.0 Å². The van der Waals surface area contributed by atoms with Crippen LogP contribution in [0.2, 0.25) is 0 Å². The van der Waals surface area contributed by atoms with Gasteiger partial charge >= 0.3 is 0 Å². The third-order valence-electron chi connectivity index (χ3n) is 8.85. The number of amides is 4. The van der Waals surface area contributed by atoms with Crippen LogP contribution in [-0.2, 0) is 36.9 Å². The van der Waals surface area contributed by atoms with Crippen molar-refractivity contribution in [1.29, 1.82) is 0 Å². The van der Waals surface area contributed by atoms with Crippen LogP contribution in [0.5, 0.6) is 5.75 Å². The molecule has 4 bridgehead atoms. The van der Waals surface area contributed by atoms with Crippen LogP contribution in [-0.4, -0.2) is 73.5 Å². The Kier molecular flexibility index (Phi) is 10.9. The Labute approximate surface area is 259 Å². The van der Waals surface area contributed by atoms with Crippen LogP contribution in [0.1, 0.15) is 55.2 Å². The average Bonchev–Trinajstić information content (AvgIpc) is 3.00. The minimum absolute atomic E-state index is 0.101. The third kappa shape index (κ3) is 8.81. The molecule has 10 heteroatoms. The molecule has 2 saturated heterocycles. The van der Waals surface area contributed by atoms with Gasteiger partial charge in [0.25, 0.3) is 0 Å². The zero-order chi connectivity index (χ0) is 30.9. The summed E-state index contributed by atoms with van der Waals surface area (Å²) in [6, 6.07) is 13.7. The zero-order valence-electron chi connectivity index (χ0n) is 25.5. The molecule has 0 aromatic heterocycles. The highest BCUT2D eigenvalue weighted by molar-refractivity contribution is 5.95. The molecule has 3 aliphatic rings. The largest absolute Gasteiger partial charge is 0.494 e. The van der Waals surface area contributed by atoms with Gasteiger partial charge in [0.2, 0.25) is 23.6 Å². The Morgan fingerprint density at radius 3 is 2.64 bits per heavy atom. The second-order valence-electron chi connectivity index (χ2n) is 12.3. The summed E-state index contributed by atoms with van der Waals surface area (Å²) in [5.41, 5.74) is 3.00. The van der Waals surface area contributed by atoms with Crippen LogP contribution in [0.4, 0.5) is 0 Å². The molecule has 3 atom stereocenters. The van der Waals surface area contributed by atoms with Gasteiger partial charge in [-0.2, -0.15) is 0 Å². The first-order valence-corrected chi connectivity index (χ1v) is 15.8. The highest BCUT2D eigenvalue weighted by Crippen LogP contribution is 2.23. The number of benzene rings is 2. The van der Waals surface area contributed by atoms with E-state index in [0.29, 0.717) is 51.7 Å². The van der Waals surface area contributed by atoms with Gasteiger partial charge in [0, 0.05) is 32.0 Å². The summed E-state index contributed by atoms with van der Waals surface area (Å²) in [4.78, 5) is 55.6. The molecule has 3 heterocycles. The first-order valence-electron chi connectivity index (χ1n) is 15.8. The molecule has 0 radical (unpaired) electrons. The third-order valence-corrected chi connectivity index (χ3v) is 8.85. The van der Waals surface area contributed by atoms with Gasteiger partial charge in [0.05, 0.1) is 26.2 Å². The maximum absolute atomic E-state index is 13.8. The number of hydrogen-bond acceptors (Lipinski definition) is 6. The van der Waals surface area contributed by atoms with E-state index in [-0.39, 0.29) is 43.0 Å². The lowest BCUT2D eigenvalue weighted by Crippen LogP contribution is -2.55. The van der Waals surface area contributed by atoms with Crippen molar-refractivity contribution in [2.24, 2.45) is 11.8 Å². The molecular weight excluding hydrogens is 560 g/mol. The van der Waals surface area contributed by atoms with Crippen LogP contribution < -0.4 is 20.7 Å². The summed E-state index contributed by atoms with van der Waals surface area (Å²) < 4.78 is 11.3. The maximum atomic E-state index is 13.8. The van der Waals surface area contributed by atoms with Gasteiger partial charge in [-0.1, -0.05) is 36.4 Å². The lowest BCUT2D eigenvalue weighted by molar-refractivity contribution is -0.139. The molecule has 2 fully saturated rings. The van der Waals surface area contributed by atoms with Crippen LogP contribution in [0.25, 0.3) is 0 Å². The summed E-state index contributed by atoms with van der Waals surface area (Å²) in [6.45, 7) is 5.00. The first-order chi connectivity index (χ1) is 21.3. The topological polar surface area (TPSA) is 126 Å². The van der Waals surface area contributed by atoms with Crippen LogP contribution in [0.3, 0.4) is 0 Å². The van der Waals surface area contributed by atoms with Crippen LogP contribution in [0.15, 0.2) is 48.5 Å². The van der Waals surface area contributed by atoms with Gasteiger partial charge < -0.3 is 30.3 Å². The summed E-state index contributed by atoms with van der Waals surface area (Å²) in [5, 5.41) is 8.69. The Hall–Kier alpha value is -3.92. The monoisotopic (exact) mass is 604 g/mol. The number of fused-ring (bicyclic) bond motifs is 4. The van der Waals surface area contributed by atoms with Gasteiger partial charge in [0.15, 0.2) is 0 Å². The fourth-order valence-electron chi connectivity index (χ4n) is 6.03. The number of aryl methyl sites for hydroxylation is 2. The molecule has 236 valence electrons. The molecule has 1 unspecified atom stereocenters. The van der Waals surface area contributed by atoms with E-state index in [1.165, 1.54) is 0 Å². The molecule has 2 aromatic rings. The van der Waals surface area contributed by atoms with Crippen LogP contribution >= 0.6 is 0 Å². The Morgan fingerprint density at radius 1 is 1.05 bits per heavy atom. The Balaban J connectivity index is 1.38. The van der Waals surface area contributed by atoms with Gasteiger partial charge in [-0.25, -0.2) is 0 Å². The van der Waals surface area contributed by atoms with Gasteiger partial charge in [0.1, 0.15) is 17.8 Å². The fourth-order valence-corrected chi connectivity index (χ4v) is 6.03. The van der Waals surface area contributed by atoms with E-state index in [1.807, 2.05) is 55.5 Å². The average molecular weight is 605 g/mol. The van der Waals surface area contributed by atoms with Gasteiger partial charge in [-0.3, -0.25) is 19.2 Å². The SMILES string of the molecule is Cc1ccc2cc1CNC(=O)[C@H](CCc1ccccc1)NC(=O)[C@@H](NC(=O)CC1COC1)CC(=O)N1CCCC(CCO2)C1. The number of rotatable bonds is 6. The molecule has 5 rings (SSSR count). The zero-order valence-corrected chi connectivity index (χ0v) is 25.5. The van der Waals surface area contributed by atoms with Crippen LogP contribution in [0, 0.1) is 18.8 Å². The molecule has 0 saturated carbocycles. The first kappa shape index (κ1) is 31.5.